The van der Waals surface area contributed by atoms with Gasteiger partial charge >= 0.3 is 0 Å². The fourth-order valence-corrected chi connectivity index (χ4v) is 4.94. The van der Waals surface area contributed by atoms with Gasteiger partial charge in [-0.3, -0.25) is 9.59 Å². The van der Waals surface area contributed by atoms with Gasteiger partial charge in [-0.2, -0.15) is 0 Å². The van der Waals surface area contributed by atoms with Crippen molar-refractivity contribution in [1.29, 1.82) is 0 Å². The van der Waals surface area contributed by atoms with Gasteiger partial charge in [-0.15, -0.1) is 0 Å². The van der Waals surface area contributed by atoms with Crippen LogP contribution in [0.15, 0.2) is 48.5 Å². The molecular formula is C28H37N3O3. The molecule has 2 aliphatic rings. The summed E-state index contributed by atoms with van der Waals surface area (Å²) in [5.41, 5.74) is 3.10. The number of hydrogen-bond donors (Lipinski definition) is 0. The highest BCUT2D eigenvalue weighted by atomic mass is 16.5. The number of carbonyl (C=O) groups is 2. The van der Waals surface area contributed by atoms with Crippen molar-refractivity contribution < 1.29 is 14.3 Å². The third-order valence-electron chi connectivity index (χ3n) is 7.15. The van der Waals surface area contributed by atoms with Crippen LogP contribution in [0.1, 0.15) is 49.5 Å². The fraction of sp³-hybridized carbons (Fsp3) is 0.500. The Morgan fingerprint density at radius 3 is 2.03 bits per heavy atom. The van der Waals surface area contributed by atoms with E-state index in [0.717, 1.165) is 56.0 Å². The number of piperazine rings is 1. The van der Waals surface area contributed by atoms with Gasteiger partial charge in [0.2, 0.25) is 5.91 Å². The molecule has 2 saturated heterocycles. The average molecular weight is 464 g/mol. The summed E-state index contributed by atoms with van der Waals surface area (Å²) in [5.74, 6) is 1.18. The molecule has 2 aromatic rings. The Balaban J connectivity index is 1.28. The van der Waals surface area contributed by atoms with Gasteiger partial charge in [0.05, 0.1) is 12.8 Å². The van der Waals surface area contributed by atoms with Gasteiger partial charge in [-0.25, -0.2) is 0 Å². The minimum atomic E-state index is 0.00475. The maximum Gasteiger partial charge on any atom is 0.253 e. The third-order valence-corrected chi connectivity index (χ3v) is 7.15. The van der Waals surface area contributed by atoms with Crippen molar-refractivity contribution in [3.05, 3.63) is 59.7 Å². The van der Waals surface area contributed by atoms with E-state index in [4.69, 9.17) is 4.74 Å². The standard InChI is InChI=1S/C28H37N3O3/c1-28(2,3)23-11-9-21(10-12-23)26(32)30-15-13-22(14-16-30)27(33)31-19-17-29(18-20-31)24-7-5-6-8-25(24)34-4/h5-12,22H,13-20H2,1-4H3. The molecule has 0 radical (unpaired) electrons. The van der Waals surface area contributed by atoms with Crippen LogP contribution in [0.5, 0.6) is 5.75 Å². The molecule has 182 valence electrons. The van der Waals surface area contributed by atoms with Crippen molar-refractivity contribution in [2.45, 2.75) is 39.0 Å². The van der Waals surface area contributed by atoms with Gasteiger partial charge in [0, 0.05) is 50.7 Å². The number of carbonyl (C=O) groups excluding carboxylic acids is 2. The summed E-state index contributed by atoms with van der Waals surface area (Å²) in [5, 5.41) is 0. The van der Waals surface area contributed by atoms with Crippen LogP contribution in [-0.4, -0.2) is 68.0 Å². The highest BCUT2D eigenvalue weighted by molar-refractivity contribution is 5.94. The van der Waals surface area contributed by atoms with Gasteiger partial charge < -0.3 is 19.4 Å². The van der Waals surface area contributed by atoms with Crippen LogP contribution >= 0.6 is 0 Å². The largest absolute Gasteiger partial charge is 0.495 e. The smallest absolute Gasteiger partial charge is 0.253 e. The molecule has 34 heavy (non-hydrogen) atoms. The Morgan fingerprint density at radius 1 is 0.824 bits per heavy atom. The summed E-state index contributed by atoms with van der Waals surface area (Å²) in [6.07, 6.45) is 1.47. The predicted molar refractivity (Wildman–Crippen MR) is 136 cm³/mol. The Labute approximate surface area is 203 Å². The number of nitrogens with zero attached hydrogens (tertiary/aromatic N) is 3. The van der Waals surface area contributed by atoms with Gasteiger partial charge in [0.1, 0.15) is 5.75 Å². The van der Waals surface area contributed by atoms with Crippen molar-refractivity contribution in [2.24, 2.45) is 5.92 Å². The number of anilines is 1. The van der Waals surface area contributed by atoms with E-state index in [0.29, 0.717) is 13.1 Å². The van der Waals surface area contributed by atoms with Crippen LogP contribution < -0.4 is 9.64 Å². The summed E-state index contributed by atoms with van der Waals surface area (Å²) >= 11 is 0. The maximum absolute atomic E-state index is 13.2. The first-order chi connectivity index (χ1) is 16.3. The molecule has 2 heterocycles. The molecule has 0 bridgehead atoms. The fourth-order valence-electron chi connectivity index (χ4n) is 4.94. The Morgan fingerprint density at radius 2 is 1.44 bits per heavy atom. The molecule has 2 aromatic carbocycles. The molecule has 0 aromatic heterocycles. The molecule has 0 N–H and O–H groups in total. The van der Waals surface area contributed by atoms with Crippen molar-refractivity contribution in [3.8, 4) is 5.75 Å². The Hall–Kier alpha value is -3.02. The van der Waals surface area contributed by atoms with Gasteiger partial charge in [-0.05, 0) is 48.1 Å². The number of piperidine rings is 1. The summed E-state index contributed by atoms with van der Waals surface area (Å²) in [6, 6.07) is 16.0. The van der Waals surface area contributed by atoms with Gasteiger partial charge in [0.25, 0.3) is 5.91 Å². The van der Waals surface area contributed by atoms with Crippen LogP contribution in [0.25, 0.3) is 0 Å². The molecule has 0 spiro atoms. The van der Waals surface area contributed by atoms with Crippen molar-refractivity contribution >= 4 is 17.5 Å². The van der Waals surface area contributed by atoms with Crippen LogP contribution in [0, 0.1) is 5.92 Å². The second-order valence-corrected chi connectivity index (χ2v) is 10.4. The molecule has 2 amide bonds. The van der Waals surface area contributed by atoms with E-state index < -0.39 is 0 Å². The minimum absolute atomic E-state index is 0.00475. The molecule has 6 heteroatoms. The second-order valence-electron chi connectivity index (χ2n) is 10.4. The normalized spacial score (nSPS) is 17.6. The van der Waals surface area contributed by atoms with E-state index in [2.05, 4.69) is 31.7 Å². The number of para-hydroxylation sites is 2. The Kier molecular flexibility index (Phi) is 7.15. The molecule has 0 unspecified atom stereocenters. The number of amides is 2. The van der Waals surface area contributed by atoms with E-state index >= 15 is 0 Å². The van der Waals surface area contributed by atoms with E-state index in [1.54, 1.807) is 7.11 Å². The lowest BCUT2D eigenvalue weighted by Crippen LogP contribution is -2.52. The molecule has 4 rings (SSSR count). The van der Waals surface area contributed by atoms with Gasteiger partial charge in [-0.1, -0.05) is 45.0 Å². The summed E-state index contributed by atoms with van der Waals surface area (Å²) in [7, 11) is 1.69. The first-order valence-corrected chi connectivity index (χ1v) is 12.3. The third kappa shape index (κ3) is 5.21. The van der Waals surface area contributed by atoms with Crippen LogP contribution in [0.2, 0.25) is 0 Å². The number of likely N-dealkylation sites (tertiary alicyclic amines) is 1. The molecule has 6 nitrogen and oxygen atoms in total. The number of rotatable bonds is 4. The quantitative estimate of drug-likeness (QED) is 0.682. The van der Waals surface area contributed by atoms with Crippen LogP contribution in [-0.2, 0) is 10.2 Å². The van der Waals surface area contributed by atoms with Crippen molar-refractivity contribution in [2.75, 3.05) is 51.3 Å². The highest BCUT2D eigenvalue weighted by Crippen LogP contribution is 2.29. The second kappa shape index (κ2) is 10.1. The SMILES string of the molecule is COc1ccccc1N1CCN(C(=O)C2CCN(C(=O)c3ccc(C(C)(C)C)cc3)CC2)CC1. The van der Waals surface area contributed by atoms with E-state index in [1.165, 1.54) is 5.56 Å². The lowest BCUT2D eigenvalue weighted by atomic mass is 9.86. The Bertz CT molecular complexity index is 996. The average Bonchev–Trinajstić information content (AvgIpc) is 2.87. The maximum atomic E-state index is 13.2. The summed E-state index contributed by atoms with van der Waals surface area (Å²) in [4.78, 5) is 32.3. The predicted octanol–water partition coefficient (Wildman–Crippen LogP) is 4.19. The monoisotopic (exact) mass is 463 g/mol. The first kappa shape index (κ1) is 24.1. The van der Waals surface area contributed by atoms with Crippen LogP contribution in [0.4, 0.5) is 5.69 Å². The van der Waals surface area contributed by atoms with E-state index in [9.17, 15) is 9.59 Å². The van der Waals surface area contributed by atoms with E-state index in [1.807, 2.05) is 52.3 Å². The molecule has 0 saturated carbocycles. The molecule has 0 aliphatic carbocycles. The molecule has 0 atom stereocenters. The lowest BCUT2D eigenvalue weighted by molar-refractivity contribution is -0.137. The molecule has 2 aliphatic heterocycles. The van der Waals surface area contributed by atoms with Gasteiger partial charge in [0.15, 0.2) is 0 Å². The zero-order valence-electron chi connectivity index (χ0n) is 20.9. The van der Waals surface area contributed by atoms with E-state index in [-0.39, 0.29) is 23.1 Å². The summed E-state index contributed by atoms with van der Waals surface area (Å²) < 4.78 is 5.50. The number of methoxy groups -OCH3 is 1. The molecular weight excluding hydrogens is 426 g/mol. The van der Waals surface area contributed by atoms with Crippen molar-refractivity contribution in [3.63, 3.8) is 0 Å². The number of ether oxygens (including phenoxy) is 1. The first-order valence-electron chi connectivity index (χ1n) is 12.3. The lowest BCUT2D eigenvalue weighted by Gasteiger charge is -2.39. The zero-order chi connectivity index (χ0) is 24.3. The zero-order valence-corrected chi connectivity index (χ0v) is 20.9. The number of benzene rings is 2. The van der Waals surface area contributed by atoms with Crippen LogP contribution in [0.3, 0.4) is 0 Å². The highest BCUT2D eigenvalue weighted by Gasteiger charge is 2.32. The van der Waals surface area contributed by atoms with Crippen molar-refractivity contribution in [1.82, 2.24) is 9.80 Å². The topological polar surface area (TPSA) is 53.1 Å². The number of hydrogen-bond acceptors (Lipinski definition) is 4. The summed E-state index contributed by atoms with van der Waals surface area (Å²) in [6.45, 7) is 10.8. The minimum Gasteiger partial charge on any atom is -0.495 e. The molecule has 2 fully saturated rings.